The van der Waals surface area contributed by atoms with E-state index in [9.17, 15) is 23.8 Å². The van der Waals surface area contributed by atoms with E-state index in [1.807, 2.05) is 24.3 Å². The minimum atomic E-state index is -0.796. The highest BCUT2D eigenvalue weighted by molar-refractivity contribution is 5.83. The maximum Gasteiger partial charge on any atom is 0.303 e. The lowest BCUT2D eigenvalue weighted by Gasteiger charge is -2.39. The van der Waals surface area contributed by atoms with Crippen LogP contribution in [0, 0.1) is 23.5 Å². The standard InChI is InChI=1S/C31H38F2N2O4/c1-39-23-10-11-29-26(19-23)24(14-16-34-29)30(36)12-8-21-15-18-35(20-22(21)9-13-31(37)38)17-3-2-5-25-27(32)6-4-7-28(25)33/h4,6-7,10-11,14,16,19,21-22,30,36H,2-3,5,8-9,12-13,15,17-18,20H2,1H3,(H,37,38)/t21-,22-,30-/m1/s1. The first-order chi connectivity index (χ1) is 18.9. The van der Waals surface area contributed by atoms with Gasteiger partial charge in [0.2, 0.25) is 0 Å². The van der Waals surface area contributed by atoms with Gasteiger partial charge in [0, 0.05) is 30.1 Å². The van der Waals surface area contributed by atoms with E-state index < -0.39 is 23.7 Å². The fraction of sp³-hybridized carbons (Fsp3) is 0.484. The molecule has 210 valence electrons. The smallest absolute Gasteiger partial charge is 0.303 e. The minimum Gasteiger partial charge on any atom is -0.497 e. The average Bonchev–Trinajstić information content (AvgIpc) is 2.93. The normalized spacial score (nSPS) is 18.8. The van der Waals surface area contributed by atoms with Gasteiger partial charge < -0.3 is 19.8 Å². The van der Waals surface area contributed by atoms with Crippen LogP contribution in [0.25, 0.3) is 10.9 Å². The Hall–Kier alpha value is -3.10. The van der Waals surface area contributed by atoms with Crippen LogP contribution in [-0.2, 0) is 11.2 Å². The molecule has 8 heteroatoms. The summed E-state index contributed by atoms with van der Waals surface area (Å²) in [6.45, 7) is 2.52. The Labute approximate surface area is 228 Å². The van der Waals surface area contributed by atoms with E-state index in [1.54, 1.807) is 13.3 Å². The van der Waals surface area contributed by atoms with Crippen LogP contribution >= 0.6 is 0 Å². The molecule has 1 aliphatic heterocycles. The molecule has 3 aromatic rings. The minimum absolute atomic E-state index is 0.124. The number of ether oxygens (including phenoxy) is 1. The summed E-state index contributed by atoms with van der Waals surface area (Å²) in [4.78, 5) is 18.1. The molecule has 1 aliphatic rings. The van der Waals surface area contributed by atoms with E-state index in [0.717, 1.165) is 55.4 Å². The number of hydrogen-bond donors (Lipinski definition) is 2. The molecule has 0 radical (unpaired) electrons. The molecule has 0 saturated carbocycles. The van der Waals surface area contributed by atoms with Gasteiger partial charge in [0.25, 0.3) is 0 Å². The van der Waals surface area contributed by atoms with Crippen molar-refractivity contribution in [2.24, 2.45) is 11.8 Å². The third-order valence-electron chi connectivity index (χ3n) is 8.07. The number of carboxylic acids is 1. The van der Waals surface area contributed by atoms with Crippen LogP contribution < -0.4 is 4.74 Å². The van der Waals surface area contributed by atoms with Gasteiger partial charge in [0.1, 0.15) is 17.4 Å². The number of aliphatic hydroxyl groups excluding tert-OH is 1. The molecule has 1 saturated heterocycles. The van der Waals surface area contributed by atoms with Crippen LogP contribution in [0.1, 0.15) is 62.2 Å². The molecule has 1 fully saturated rings. The molecule has 3 atom stereocenters. The van der Waals surface area contributed by atoms with Crippen molar-refractivity contribution in [2.75, 3.05) is 26.7 Å². The van der Waals surface area contributed by atoms with E-state index in [-0.39, 0.29) is 17.9 Å². The molecule has 1 aromatic heterocycles. The molecular weight excluding hydrogens is 502 g/mol. The number of piperidine rings is 1. The quantitative estimate of drug-likeness (QED) is 0.253. The zero-order valence-corrected chi connectivity index (χ0v) is 22.5. The number of unbranched alkanes of at least 4 members (excludes halogenated alkanes) is 1. The fourth-order valence-electron chi connectivity index (χ4n) is 5.88. The number of benzene rings is 2. The van der Waals surface area contributed by atoms with Gasteiger partial charge in [-0.25, -0.2) is 8.78 Å². The van der Waals surface area contributed by atoms with Gasteiger partial charge in [-0.1, -0.05) is 6.07 Å². The molecule has 0 aliphatic carbocycles. The van der Waals surface area contributed by atoms with E-state index >= 15 is 0 Å². The molecular formula is C31H38F2N2O4. The lowest BCUT2D eigenvalue weighted by molar-refractivity contribution is -0.137. The Balaban J connectivity index is 1.32. The first kappa shape index (κ1) is 28.9. The number of aliphatic carboxylic acids is 1. The van der Waals surface area contributed by atoms with Gasteiger partial charge in [0.15, 0.2) is 0 Å². The molecule has 0 unspecified atom stereocenters. The maximum absolute atomic E-state index is 13.9. The van der Waals surface area contributed by atoms with Crippen LogP contribution in [0.3, 0.4) is 0 Å². The summed E-state index contributed by atoms with van der Waals surface area (Å²) in [5.41, 5.74) is 1.77. The summed E-state index contributed by atoms with van der Waals surface area (Å²) in [6, 6.07) is 11.5. The summed E-state index contributed by atoms with van der Waals surface area (Å²) in [5, 5.41) is 21.3. The fourth-order valence-corrected chi connectivity index (χ4v) is 5.88. The molecule has 0 amide bonds. The van der Waals surface area contributed by atoms with Crippen molar-refractivity contribution >= 4 is 16.9 Å². The van der Waals surface area contributed by atoms with E-state index in [4.69, 9.17) is 4.74 Å². The topological polar surface area (TPSA) is 82.9 Å². The monoisotopic (exact) mass is 540 g/mol. The van der Waals surface area contributed by atoms with Gasteiger partial charge in [-0.05, 0) is 112 Å². The number of rotatable bonds is 13. The highest BCUT2D eigenvalue weighted by Gasteiger charge is 2.30. The van der Waals surface area contributed by atoms with Gasteiger partial charge in [-0.3, -0.25) is 9.78 Å². The molecule has 6 nitrogen and oxygen atoms in total. The highest BCUT2D eigenvalue weighted by atomic mass is 19.1. The first-order valence-corrected chi connectivity index (χ1v) is 13.8. The van der Waals surface area contributed by atoms with Crippen molar-refractivity contribution in [3.05, 3.63) is 71.4 Å². The summed E-state index contributed by atoms with van der Waals surface area (Å²) < 4.78 is 33.2. The average molecular weight is 541 g/mol. The summed E-state index contributed by atoms with van der Waals surface area (Å²) in [6.07, 6.45) is 5.98. The SMILES string of the molecule is COc1ccc2nccc([C@H](O)CC[C@@H]3CCN(CCCCc4c(F)cccc4F)C[C@H]3CCC(=O)O)c2c1. The molecule has 39 heavy (non-hydrogen) atoms. The lowest BCUT2D eigenvalue weighted by atomic mass is 9.79. The number of nitrogens with zero attached hydrogens (tertiary/aromatic N) is 2. The summed E-state index contributed by atoms with van der Waals surface area (Å²) >= 11 is 0. The summed E-state index contributed by atoms with van der Waals surface area (Å²) in [7, 11) is 1.61. The molecule has 0 bridgehead atoms. The van der Waals surface area contributed by atoms with Crippen LogP contribution in [0.15, 0.2) is 48.7 Å². The van der Waals surface area contributed by atoms with Crippen molar-refractivity contribution in [2.45, 2.75) is 57.5 Å². The molecule has 2 heterocycles. The summed E-state index contributed by atoms with van der Waals surface area (Å²) in [5.74, 6) is -0.527. The zero-order valence-electron chi connectivity index (χ0n) is 22.5. The third-order valence-corrected chi connectivity index (χ3v) is 8.07. The van der Waals surface area contributed by atoms with Gasteiger partial charge in [0.05, 0.1) is 18.7 Å². The molecule has 0 spiro atoms. The Morgan fingerprint density at radius 3 is 2.67 bits per heavy atom. The second-order valence-electron chi connectivity index (χ2n) is 10.6. The number of fused-ring (bicyclic) bond motifs is 1. The van der Waals surface area contributed by atoms with Crippen molar-refractivity contribution in [1.29, 1.82) is 0 Å². The third kappa shape index (κ3) is 7.73. The molecule has 2 aromatic carbocycles. The number of carbonyl (C=O) groups is 1. The van der Waals surface area contributed by atoms with E-state index in [2.05, 4.69) is 9.88 Å². The van der Waals surface area contributed by atoms with Crippen molar-refractivity contribution in [3.8, 4) is 5.75 Å². The number of halogens is 2. The second-order valence-corrected chi connectivity index (χ2v) is 10.6. The first-order valence-electron chi connectivity index (χ1n) is 13.8. The van der Waals surface area contributed by atoms with Gasteiger partial charge in [-0.15, -0.1) is 0 Å². The lowest BCUT2D eigenvalue weighted by Crippen LogP contribution is -2.41. The maximum atomic E-state index is 13.9. The predicted octanol–water partition coefficient (Wildman–Crippen LogP) is 6.16. The number of pyridine rings is 1. The van der Waals surface area contributed by atoms with Crippen molar-refractivity contribution in [3.63, 3.8) is 0 Å². The number of methoxy groups -OCH3 is 1. The Morgan fingerprint density at radius 1 is 1.13 bits per heavy atom. The number of likely N-dealkylation sites (tertiary alicyclic amines) is 1. The zero-order chi connectivity index (χ0) is 27.8. The molecule has 4 rings (SSSR count). The van der Waals surface area contributed by atoms with E-state index in [0.29, 0.717) is 37.4 Å². The number of hydrogen-bond acceptors (Lipinski definition) is 5. The Kier molecular flexibility index (Phi) is 10.2. The molecule has 2 N–H and O–H groups in total. The largest absolute Gasteiger partial charge is 0.497 e. The Morgan fingerprint density at radius 2 is 1.92 bits per heavy atom. The van der Waals surface area contributed by atoms with Gasteiger partial charge >= 0.3 is 5.97 Å². The van der Waals surface area contributed by atoms with Crippen molar-refractivity contribution in [1.82, 2.24) is 9.88 Å². The van der Waals surface area contributed by atoms with E-state index in [1.165, 1.54) is 18.2 Å². The highest BCUT2D eigenvalue weighted by Crippen LogP contribution is 2.35. The number of aliphatic hydroxyl groups is 1. The number of carboxylic acid groups (broad SMARTS) is 1. The van der Waals surface area contributed by atoms with Gasteiger partial charge in [-0.2, -0.15) is 0 Å². The second kappa shape index (κ2) is 13.8. The predicted molar refractivity (Wildman–Crippen MR) is 147 cm³/mol. The van der Waals surface area contributed by atoms with Crippen LogP contribution in [0.4, 0.5) is 8.78 Å². The van der Waals surface area contributed by atoms with Crippen LogP contribution in [0.2, 0.25) is 0 Å². The van der Waals surface area contributed by atoms with Crippen LogP contribution in [0.5, 0.6) is 5.75 Å². The number of aromatic nitrogens is 1. The Bertz CT molecular complexity index is 1230. The van der Waals surface area contributed by atoms with Crippen LogP contribution in [-0.4, -0.2) is 52.8 Å². The van der Waals surface area contributed by atoms with Crippen molar-refractivity contribution < 1.29 is 28.5 Å².